The molecule has 1 amide bonds. The monoisotopic (exact) mass is 347 g/mol. The van der Waals surface area contributed by atoms with Crippen molar-refractivity contribution in [2.24, 2.45) is 17.8 Å². The van der Waals surface area contributed by atoms with Gasteiger partial charge in [-0.05, 0) is 17.4 Å². The quantitative estimate of drug-likeness (QED) is 0.605. The van der Waals surface area contributed by atoms with Gasteiger partial charge in [0, 0.05) is 4.88 Å². The molecule has 128 valence electrons. The summed E-state index contributed by atoms with van der Waals surface area (Å²) < 4.78 is 11.5. The standard InChI is InChI=1S/C18H21NO4S/c1-11(2)9-22-17(21)14-13-5-6-18(23-13)10-19(16(20)15(14)18)8-12-4-3-7-24-12/h3-7,11,13-15H,8-10H2,1-2H3/t13-,14+,15-,18+/m0/s1. The second-order valence-corrected chi connectivity index (χ2v) is 8.23. The Morgan fingerprint density at radius 1 is 1.54 bits per heavy atom. The van der Waals surface area contributed by atoms with E-state index in [1.54, 1.807) is 11.3 Å². The van der Waals surface area contributed by atoms with Gasteiger partial charge in [0.1, 0.15) is 11.5 Å². The van der Waals surface area contributed by atoms with Crippen molar-refractivity contribution in [2.45, 2.75) is 32.1 Å². The summed E-state index contributed by atoms with van der Waals surface area (Å²) in [6, 6.07) is 4.00. The van der Waals surface area contributed by atoms with Gasteiger partial charge in [-0.25, -0.2) is 0 Å². The second kappa shape index (κ2) is 5.70. The van der Waals surface area contributed by atoms with Crippen LogP contribution in [0.4, 0.5) is 0 Å². The predicted octanol–water partition coefficient (Wildman–Crippen LogP) is 2.23. The summed E-state index contributed by atoms with van der Waals surface area (Å²) in [6.45, 7) is 5.45. The van der Waals surface area contributed by atoms with Crippen LogP contribution < -0.4 is 0 Å². The minimum absolute atomic E-state index is 0.00162. The van der Waals surface area contributed by atoms with Crippen LogP contribution in [-0.4, -0.2) is 41.6 Å². The molecule has 3 aliphatic rings. The highest BCUT2D eigenvalue weighted by molar-refractivity contribution is 7.09. The number of amides is 1. The number of likely N-dealkylation sites (tertiary alicyclic amines) is 1. The molecule has 0 aromatic carbocycles. The maximum atomic E-state index is 13.0. The summed E-state index contributed by atoms with van der Waals surface area (Å²) in [7, 11) is 0. The van der Waals surface area contributed by atoms with Gasteiger partial charge < -0.3 is 14.4 Å². The number of rotatable bonds is 5. The molecule has 0 radical (unpaired) electrons. The van der Waals surface area contributed by atoms with Crippen LogP contribution >= 0.6 is 11.3 Å². The molecule has 2 fully saturated rings. The molecule has 4 atom stereocenters. The van der Waals surface area contributed by atoms with Crippen LogP contribution in [0.5, 0.6) is 0 Å². The van der Waals surface area contributed by atoms with Gasteiger partial charge in [-0.1, -0.05) is 32.1 Å². The average Bonchev–Trinajstić information content (AvgIpc) is 3.28. The van der Waals surface area contributed by atoms with Gasteiger partial charge in [0.15, 0.2) is 0 Å². The third kappa shape index (κ3) is 2.40. The Morgan fingerprint density at radius 3 is 3.08 bits per heavy atom. The molecule has 6 heteroatoms. The fourth-order valence-corrected chi connectivity index (χ4v) is 4.64. The van der Waals surface area contributed by atoms with Crippen molar-refractivity contribution < 1.29 is 19.1 Å². The molecule has 4 heterocycles. The Morgan fingerprint density at radius 2 is 2.38 bits per heavy atom. The maximum Gasteiger partial charge on any atom is 0.312 e. The number of ether oxygens (including phenoxy) is 2. The van der Waals surface area contributed by atoms with Crippen LogP contribution in [0.1, 0.15) is 18.7 Å². The second-order valence-electron chi connectivity index (χ2n) is 7.20. The summed E-state index contributed by atoms with van der Waals surface area (Å²) in [5, 5.41) is 2.00. The maximum absolute atomic E-state index is 13.0. The van der Waals surface area contributed by atoms with E-state index in [4.69, 9.17) is 9.47 Å². The van der Waals surface area contributed by atoms with E-state index < -0.39 is 17.4 Å². The smallest absolute Gasteiger partial charge is 0.312 e. The molecule has 0 aliphatic carbocycles. The summed E-state index contributed by atoms with van der Waals surface area (Å²) in [6.07, 6.45) is 3.56. The molecule has 2 bridgehead atoms. The molecule has 24 heavy (non-hydrogen) atoms. The van der Waals surface area contributed by atoms with E-state index in [0.29, 0.717) is 19.7 Å². The Labute approximate surface area is 145 Å². The van der Waals surface area contributed by atoms with E-state index in [9.17, 15) is 9.59 Å². The molecule has 0 unspecified atom stereocenters. The molecule has 1 aromatic rings. The van der Waals surface area contributed by atoms with E-state index in [-0.39, 0.29) is 23.9 Å². The van der Waals surface area contributed by atoms with Gasteiger partial charge in [0.25, 0.3) is 0 Å². The van der Waals surface area contributed by atoms with Crippen LogP contribution in [0.2, 0.25) is 0 Å². The zero-order chi connectivity index (χ0) is 16.9. The molecule has 0 saturated carbocycles. The van der Waals surface area contributed by atoms with Crippen LogP contribution in [0.25, 0.3) is 0 Å². The third-order valence-corrected chi connectivity index (χ3v) is 5.80. The fourth-order valence-electron chi connectivity index (χ4n) is 3.92. The first-order chi connectivity index (χ1) is 11.5. The molecule has 5 nitrogen and oxygen atoms in total. The number of carbonyl (C=O) groups is 2. The predicted molar refractivity (Wildman–Crippen MR) is 89.3 cm³/mol. The lowest BCUT2D eigenvalue weighted by molar-refractivity contribution is -0.154. The normalized spacial score (nSPS) is 33.5. The molecule has 2 saturated heterocycles. The first-order valence-corrected chi connectivity index (χ1v) is 9.23. The molecular formula is C18H21NO4S. The molecule has 1 aromatic heterocycles. The molecule has 4 rings (SSSR count). The van der Waals surface area contributed by atoms with Gasteiger partial charge in [0.05, 0.1) is 31.7 Å². The third-order valence-electron chi connectivity index (χ3n) is 4.94. The highest BCUT2D eigenvalue weighted by Crippen LogP contribution is 2.52. The molecular weight excluding hydrogens is 326 g/mol. The Kier molecular flexibility index (Phi) is 3.77. The zero-order valence-electron chi connectivity index (χ0n) is 13.8. The zero-order valence-corrected chi connectivity index (χ0v) is 14.6. The van der Waals surface area contributed by atoms with Gasteiger partial charge in [-0.2, -0.15) is 0 Å². The highest BCUT2D eigenvalue weighted by atomic mass is 32.1. The van der Waals surface area contributed by atoms with Crippen molar-refractivity contribution in [1.29, 1.82) is 0 Å². The minimum Gasteiger partial charge on any atom is -0.465 e. The van der Waals surface area contributed by atoms with Crippen LogP contribution in [0.3, 0.4) is 0 Å². The molecule has 3 aliphatic heterocycles. The fraction of sp³-hybridized carbons (Fsp3) is 0.556. The average molecular weight is 347 g/mol. The van der Waals surface area contributed by atoms with Crippen LogP contribution in [0.15, 0.2) is 29.7 Å². The number of carbonyl (C=O) groups excluding carboxylic acids is 2. The summed E-state index contributed by atoms with van der Waals surface area (Å²) >= 11 is 1.63. The van der Waals surface area contributed by atoms with E-state index >= 15 is 0 Å². The van der Waals surface area contributed by atoms with Crippen molar-refractivity contribution in [3.63, 3.8) is 0 Å². The number of hydrogen-bond acceptors (Lipinski definition) is 5. The number of thiophene rings is 1. The topological polar surface area (TPSA) is 55.8 Å². The molecule has 1 spiro atoms. The van der Waals surface area contributed by atoms with E-state index in [2.05, 4.69) is 0 Å². The van der Waals surface area contributed by atoms with Gasteiger partial charge in [-0.15, -0.1) is 11.3 Å². The number of esters is 1. The van der Waals surface area contributed by atoms with Crippen molar-refractivity contribution in [1.82, 2.24) is 4.90 Å². The van der Waals surface area contributed by atoms with Gasteiger partial charge in [-0.3, -0.25) is 9.59 Å². The van der Waals surface area contributed by atoms with E-state index in [1.165, 1.54) is 0 Å². The number of fused-ring (bicyclic) bond motifs is 1. The van der Waals surface area contributed by atoms with E-state index in [1.807, 2.05) is 48.4 Å². The minimum atomic E-state index is -0.652. The Balaban J connectivity index is 1.54. The SMILES string of the molecule is CC(C)COC(=O)[C@@H]1[C@@H]2C=C[C@]3(CN(Cc4cccs4)C(=O)[C@H]13)O2. The number of hydrogen-bond donors (Lipinski definition) is 0. The largest absolute Gasteiger partial charge is 0.465 e. The summed E-state index contributed by atoms with van der Waals surface area (Å²) in [5.74, 6) is -1.01. The van der Waals surface area contributed by atoms with Crippen molar-refractivity contribution in [3.05, 3.63) is 34.5 Å². The first kappa shape index (κ1) is 15.8. The first-order valence-electron chi connectivity index (χ1n) is 8.35. The van der Waals surface area contributed by atoms with Crippen molar-refractivity contribution >= 4 is 23.2 Å². The van der Waals surface area contributed by atoms with Crippen molar-refractivity contribution in [3.8, 4) is 0 Å². The summed E-state index contributed by atoms with van der Waals surface area (Å²) in [4.78, 5) is 28.5. The van der Waals surface area contributed by atoms with Gasteiger partial charge in [0.2, 0.25) is 5.91 Å². The Hall–Kier alpha value is -1.66. The van der Waals surface area contributed by atoms with Crippen LogP contribution in [0, 0.1) is 17.8 Å². The van der Waals surface area contributed by atoms with E-state index in [0.717, 1.165) is 4.88 Å². The Bertz CT molecular complexity index is 683. The lowest BCUT2D eigenvalue weighted by atomic mass is 9.77. The van der Waals surface area contributed by atoms with Gasteiger partial charge >= 0.3 is 5.97 Å². The van der Waals surface area contributed by atoms with Crippen LogP contribution in [-0.2, 0) is 25.6 Å². The lowest BCUT2D eigenvalue weighted by Gasteiger charge is -2.23. The number of nitrogens with zero attached hydrogens (tertiary/aromatic N) is 1. The van der Waals surface area contributed by atoms with Crippen molar-refractivity contribution in [2.75, 3.05) is 13.2 Å². The lowest BCUT2D eigenvalue weighted by Crippen LogP contribution is -2.40. The molecule has 0 N–H and O–H groups in total. The highest BCUT2D eigenvalue weighted by Gasteiger charge is 2.67. The summed E-state index contributed by atoms with van der Waals surface area (Å²) in [5.41, 5.74) is -0.652.